The second-order valence-electron chi connectivity index (χ2n) is 4.50. The minimum atomic E-state index is -3.46. The second-order valence-corrected chi connectivity index (χ2v) is 6.44. The minimum Gasteiger partial charge on any atom is -0.381 e. The predicted molar refractivity (Wildman–Crippen MR) is 69.5 cm³/mol. The topological polar surface area (TPSA) is 85.4 Å². The van der Waals surface area contributed by atoms with Gasteiger partial charge in [0.2, 0.25) is 5.91 Å². The van der Waals surface area contributed by atoms with Crippen LogP contribution in [0.25, 0.3) is 0 Å². The molecule has 1 aromatic heterocycles. The van der Waals surface area contributed by atoms with E-state index in [-0.39, 0.29) is 22.5 Å². The maximum Gasteiger partial charge on any atom is 0.227 e. The Balaban J connectivity index is 2.17. The second kappa shape index (κ2) is 5.66. The molecule has 0 saturated carbocycles. The first-order valence-electron chi connectivity index (χ1n) is 6.02. The highest BCUT2D eigenvalue weighted by molar-refractivity contribution is 7.90. The van der Waals surface area contributed by atoms with Gasteiger partial charge in [-0.05, 0) is 25.0 Å². The Bertz CT molecular complexity index is 565. The van der Waals surface area contributed by atoms with Crippen molar-refractivity contribution in [1.29, 1.82) is 0 Å². The third-order valence-corrected chi connectivity index (χ3v) is 4.00. The van der Waals surface area contributed by atoms with Gasteiger partial charge in [-0.1, -0.05) is 0 Å². The number of amides is 1. The lowest BCUT2D eigenvalue weighted by molar-refractivity contribution is -0.122. The van der Waals surface area contributed by atoms with Crippen LogP contribution in [0, 0.1) is 5.92 Å². The van der Waals surface area contributed by atoms with E-state index < -0.39 is 9.84 Å². The van der Waals surface area contributed by atoms with E-state index in [0.717, 1.165) is 6.26 Å². The van der Waals surface area contributed by atoms with Gasteiger partial charge in [0, 0.05) is 31.6 Å². The number of hydrogen-bond acceptors (Lipinski definition) is 5. The lowest BCUT2D eigenvalue weighted by Gasteiger charge is -2.21. The molecular weight excluding hydrogens is 268 g/mol. The molecule has 0 unspecified atom stereocenters. The maximum absolute atomic E-state index is 12.1. The molecule has 0 aromatic carbocycles. The molecular formula is C12H16N2O4S. The van der Waals surface area contributed by atoms with Crippen LogP contribution in [0.5, 0.6) is 0 Å². The van der Waals surface area contributed by atoms with E-state index in [1.807, 2.05) is 0 Å². The van der Waals surface area contributed by atoms with Gasteiger partial charge in [-0.25, -0.2) is 13.4 Å². The minimum absolute atomic E-state index is 0.101. The molecule has 2 heterocycles. The first-order valence-corrected chi connectivity index (χ1v) is 7.91. The fourth-order valence-corrected chi connectivity index (χ4v) is 2.75. The van der Waals surface area contributed by atoms with E-state index in [1.165, 1.54) is 6.20 Å². The molecule has 1 saturated heterocycles. The van der Waals surface area contributed by atoms with Gasteiger partial charge in [-0.2, -0.15) is 0 Å². The quantitative estimate of drug-likeness (QED) is 0.889. The first kappa shape index (κ1) is 14.0. The Morgan fingerprint density at radius 1 is 1.42 bits per heavy atom. The third-order valence-electron chi connectivity index (χ3n) is 2.97. The van der Waals surface area contributed by atoms with Crippen molar-refractivity contribution >= 4 is 21.4 Å². The number of ether oxygens (including phenoxy) is 1. The lowest BCUT2D eigenvalue weighted by Crippen LogP contribution is -2.29. The highest BCUT2D eigenvalue weighted by Gasteiger charge is 2.23. The van der Waals surface area contributed by atoms with Crippen LogP contribution in [-0.2, 0) is 19.4 Å². The number of rotatable bonds is 3. The maximum atomic E-state index is 12.1. The molecule has 104 valence electrons. The molecule has 1 fully saturated rings. The summed E-state index contributed by atoms with van der Waals surface area (Å²) >= 11 is 0. The number of anilines is 1. The molecule has 1 N–H and O–H groups in total. The number of hydrogen-bond donors (Lipinski definition) is 1. The van der Waals surface area contributed by atoms with Crippen molar-refractivity contribution in [3.63, 3.8) is 0 Å². The first-order chi connectivity index (χ1) is 8.98. The summed E-state index contributed by atoms with van der Waals surface area (Å²) in [7, 11) is -3.46. The van der Waals surface area contributed by atoms with Gasteiger partial charge in [-0.3, -0.25) is 4.79 Å². The van der Waals surface area contributed by atoms with E-state index in [1.54, 1.807) is 12.1 Å². The molecule has 1 aliphatic heterocycles. The molecule has 0 aliphatic carbocycles. The predicted octanol–water partition coefficient (Wildman–Crippen LogP) is 0.850. The van der Waals surface area contributed by atoms with E-state index in [0.29, 0.717) is 26.1 Å². The SMILES string of the molecule is CS(=O)(=O)c1ncccc1NC(=O)C1CCOCC1. The van der Waals surface area contributed by atoms with Crippen molar-refractivity contribution in [2.75, 3.05) is 24.8 Å². The van der Waals surface area contributed by atoms with Crippen LogP contribution in [0.2, 0.25) is 0 Å². The van der Waals surface area contributed by atoms with Crippen LogP contribution < -0.4 is 5.32 Å². The summed E-state index contributed by atoms with van der Waals surface area (Å²) in [6.07, 6.45) is 3.76. The molecule has 1 aliphatic rings. The molecule has 6 nitrogen and oxygen atoms in total. The van der Waals surface area contributed by atoms with Crippen molar-refractivity contribution in [3.05, 3.63) is 18.3 Å². The lowest BCUT2D eigenvalue weighted by atomic mass is 9.99. The Kier molecular flexibility index (Phi) is 4.16. The van der Waals surface area contributed by atoms with Crippen molar-refractivity contribution < 1.29 is 17.9 Å². The zero-order valence-electron chi connectivity index (χ0n) is 10.6. The Morgan fingerprint density at radius 3 is 2.74 bits per heavy atom. The molecule has 2 rings (SSSR count). The average Bonchev–Trinajstić information content (AvgIpc) is 2.39. The highest BCUT2D eigenvalue weighted by atomic mass is 32.2. The number of pyridine rings is 1. The fourth-order valence-electron chi connectivity index (χ4n) is 1.98. The van der Waals surface area contributed by atoms with Gasteiger partial charge in [-0.15, -0.1) is 0 Å². The van der Waals surface area contributed by atoms with Crippen LogP contribution in [0.15, 0.2) is 23.4 Å². The van der Waals surface area contributed by atoms with Gasteiger partial charge in [0.15, 0.2) is 14.9 Å². The summed E-state index contributed by atoms with van der Waals surface area (Å²) in [5, 5.41) is 2.55. The fraction of sp³-hybridized carbons (Fsp3) is 0.500. The molecule has 0 spiro atoms. The number of nitrogens with one attached hydrogen (secondary N) is 1. The van der Waals surface area contributed by atoms with E-state index in [4.69, 9.17) is 4.74 Å². The molecule has 1 amide bonds. The normalized spacial score (nSPS) is 17.1. The summed E-state index contributed by atoms with van der Waals surface area (Å²) in [5.41, 5.74) is 0.237. The third kappa shape index (κ3) is 3.51. The summed E-state index contributed by atoms with van der Waals surface area (Å²) < 4.78 is 28.3. The van der Waals surface area contributed by atoms with Crippen LogP contribution in [0.1, 0.15) is 12.8 Å². The number of carbonyl (C=O) groups is 1. The molecule has 19 heavy (non-hydrogen) atoms. The van der Waals surface area contributed by atoms with Crippen LogP contribution >= 0.6 is 0 Å². The Hall–Kier alpha value is -1.47. The molecule has 0 radical (unpaired) electrons. The summed E-state index contributed by atoms with van der Waals surface area (Å²) in [6.45, 7) is 1.12. The van der Waals surface area contributed by atoms with Gasteiger partial charge >= 0.3 is 0 Å². The standard InChI is InChI=1S/C12H16N2O4S/c1-19(16,17)12-10(3-2-6-13-12)14-11(15)9-4-7-18-8-5-9/h2-3,6,9H,4-5,7-8H2,1H3,(H,14,15). The molecule has 0 atom stereocenters. The highest BCUT2D eigenvalue weighted by Crippen LogP contribution is 2.21. The average molecular weight is 284 g/mol. The molecule has 7 heteroatoms. The van der Waals surface area contributed by atoms with Crippen molar-refractivity contribution in [3.8, 4) is 0 Å². The van der Waals surface area contributed by atoms with Crippen LogP contribution in [0.4, 0.5) is 5.69 Å². The monoisotopic (exact) mass is 284 g/mol. The number of sulfone groups is 1. The Labute approximate surface area is 112 Å². The van der Waals surface area contributed by atoms with E-state index in [2.05, 4.69) is 10.3 Å². The van der Waals surface area contributed by atoms with Crippen molar-refractivity contribution in [2.24, 2.45) is 5.92 Å². The van der Waals surface area contributed by atoms with Crippen molar-refractivity contribution in [2.45, 2.75) is 17.9 Å². The Morgan fingerprint density at radius 2 is 2.11 bits per heavy atom. The van der Waals surface area contributed by atoms with Gasteiger partial charge in [0.25, 0.3) is 0 Å². The van der Waals surface area contributed by atoms with Gasteiger partial charge < -0.3 is 10.1 Å². The zero-order chi connectivity index (χ0) is 13.9. The number of aromatic nitrogens is 1. The molecule has 0 bridgehead atoms. The van der Waals surface area contributed by atoms with Gasteiger partial charge in [0.05, 0.1) is 5.69 Å². The summed E-state index contributed by atoms with van der Waals surface area (Å²) in [6, 6.07) is 3.13. The number of nitrogens with zero attached hydrogens (tertiary/aromatic N) is 1. The summed E-state index contributed by atoms with van der Waals surface area (Å²) in [4.78, 5) is 15.9. The van der Waals surface area contributed by atoms with Gasteiger partial charge in [0.1, 0.15) is 0 Å². The van der Waals surface area contributed by atoms with Crippen LogP contribution in [-0.4, -0.2) is 38.8 Å². The van der Waals surface area contributed by atoms with Crippen LogP contribution in [0.3, 0.4) is 0 Å². The molecule has 1 aromatic rings. The largest absolute Gasteiger partial charge is 0.381 e. The van der Waals surface area contributed by atoms with E-state index >= 15 is 0 Å². The smallest absolute Gasteiger partial charge is 0.227 e. The number of carbonyl (C=O) groups excluding carboxylic acids is 1. The zero-order valence-corrected chi connectivity index (χ0v) is 11.4. The van der Waals surface area contributed by atoms with E-state index in [9.17, 15) is 13.2 Å². The van der Waals surface area contributed by atoms with Crippen molar-refractivity contribution in [1.82, 2.24) is 4.98 Å². The summed E-state index contributed by atoms with van der Waals surface area (Å²) in [5.74, 6) is -0.317.